The molecule has 1 aliphatic heterocycles. The molecule has 2 aliphatic carbocycles. The summed E-state index contributed by atoms with van der Waals surface area (Å²) in [5.41, 5.74) is 0.764. The molecule has 1 saturated heterocycles. The van der Waals surface area contributed by atoms with Gasteiger partial charge in [-0.1, -0.05) is 36.8 Å². The maximum atomic E-state index is 13.2. The zero-order valence-electron chi connectivity index (χ0n) is 13.1. The Labute approximate surface area is 132 Å². The van der Waals surface area contributed by atoms with E-state index in [0.717, 1.165) is 30.2 Å². The minimum Gasteiger partial charge on any atom is -0.381 e. The van der Waals surface area contributed by atoms with Crippen LogP contribution in [0.15, 0.2) is 30.3 Å². The highest BCUT2D eigenvalue weighted by molar-refractivity contribution is 5.88. The molecule has 3 atom stereocenters. The van der Waals surface area contributed by atoms with Gasteiger partial charge in [0.25, 0.3) is 0 Å². The van der Waals surface area contributed by atoms with Gasteiger partial charge in [0.2, 0.25) is 5.91 Å². The molecule has 3 heteroatoms. The van der Waals surface area contributed by atoms with Gasteiger partial charge in [0.1, 0.15) is 0 Å². The van der Waals surface area contributed by atoms with Crippen molar-refractivity contribution in [3.05, 3.63) is 35.9 Å². The van der Waals surface area contributed by atoms with E-state index in [0.29, 0.717) is 19.3 Å². The van der Waals surface area contributed by atoms with Gasteiger partial charge in [0.15, 0.2) is 0 Å². The monoisotopic (exact) mass is 299 g/mol. The molecule has 0 radical (unpaired) electrons. The Morgan fingerprint density at radius 2 is 1.86 bits per heavy atom. The average molecular weight is 299 g/mol. The van der Waals surface area contributed by atoms with Crippen molar-refractivity contribution in [3.8, 4) is 0 Å². The number of nitrogens with one attached hydrogen (secondary N) is 1. The molecule has 3 nitrogen and oxygen atoms in total. The second-order valence-electron chi connectivity index (χ2n) is 7.32. The molecule has 22 heavy (non-hydrogen) atoms. The van der Waals surface area contributed by atoms with E-state index in [9.17, 15) is 4.79 Å². The van der Waals surface area contributed by atoms with Crippen LogP contribution in [0.2, 0.25) is 0 Å². The van der Waals surface area contributed by atoms with Crippen LogP contribution < -0.4 is 5.32 Å². The maximum absolute atomic E-state index is 13.2. The Hall–Kier alpha value is -1.35. The van der Waals surface area contributed by atoms with Gasteiger partial charge in [-0.05, 0) is 49.5 Å². The summed E-state index contributed by atoms with van der Waals surface area (Å²) in [6.07, 6.45) is 6.78. The van der Waals surface area contributed by atoms with Crippen molar-refractivity contribution in [1.82, 2.24) is 5.32 Å². The Bertz CT molecular complexity index is 536. The summed E-state index contributed by atoms with van der Waals surface area (Å²) in [7, 11) is 0. The molecule has 0 unspecified atom stereocenters. The van der Waals surface area contributed by atoms with Gasteiger partial charge in [-0.3, -0.25) is 4.79 Å². The molecule has 1 aromatic rings. The summed E-state index contributed by atoms with van der Waals surface area (Å²) in [4.78, 5) is 13.2. The van der Waals surface area contributed by atoms with Crippen molar-refractivity contribution in [3.63, 3.8) is 0 Å². The van der Waals surface area contributed by atoms with Crippen molar-refractivity contribution in [2.24, 2.45) is 11.8 Å². The summed E-state index contributed by atoms with van der Waals surface area (Å²) < 4.78 is 5.54. The summed E-state index contributed by atoms with van der Waals surface area (Å²) >= 11 is 0. The van der Waals surface area contributed by atoms with Crippen LogP contribution in [-0.2, 0) is 14.9 Å². The van der Waals surface area contributed by atoms with Crippen molar-refractivity contribution in [2.45, 2.75) is 50.0 Å². The first kappa shape index (κ1) is 14.3. The van der Waals surface area contributed by atoms with Gasteiger partial charge >= 0.3 is 0 Å². The number of ether oxygens (including phenoxy) is 1. The summed E-state index contributed by atoms with van der Waals surface area (Å²) in [5.74, 6) is 1.82. The van der Waals surface area contributed by atoms with Gasteiger partial charge in [-0.15, -0.1) is 0 Å². The molecule has 1 amide bonds. The Kier molecular flexibility index (Phi) is 3.69. The van der Waals surface area contributed by atoms with E-state index in [-0.39, 0.29) is 11.3 Å². The van der Waals surface area contributed by atoms with Crippen molar-refractivity contribution in [2.75, 3.05) is 13.2 Å². The summed E-state index contributed by atoms with van der Waals surface area (Å²) in [6.45, 7) is 1.36. The fourth-order valence-electron chi connectivity index (χ4n) is 4.85. The second-order valence-corrected chi connectivity index (χ2v) is 7.32. The molecule has 2 bridgehead atoms. The van der Waals surface area contributed by atoms with Gasteiger partial charge in [0, 0.05) is 19.3 Å². The molecule has 4 rings (SSSR count). The molecular formula is C19H25NO2. The average Bonchev–Trinajstić information content (AvgIpc) is 3.19. The maximum Gasteiger partial charge on any atom is 0.231 e. The van der Waals surface area contributed by atoms with Crippen LogP contribution in [0.5, 0.6) is 0 Å². The Morgan fingerprint density at radius 1 is 1.09 bits per heavy atom. The molecule has 1 heterocycles. The second kappa shape index (κ2) is 5.69. The summed E-state index contributed by atoms with van der Waals surface area (Å²) in [6, 6.07) is 10.7. The molecule has 0 spiro atoms. The van der Waals surface area contributed by atoms with Crippen LogP contribution >= 0.6 is 0 Å². The molecular weight excluding hydrogens is 274 g/mol. The van der Waals surface area contributed by atoms with E-state index in [2.05, 4.69) is 17.4 Å². The largest absolute Gasteiger partial charge is 0.381 e. The van der Waals surface area contributed by atoms with Crippen molar-refractivity contribution >= 4 is 5.91 Å². The Balaban J connectivity index is 1.56. The number of carbonyl (C=O) groups is 1. The Morgan fingerprint density at radius 3 is 2.50 bits per heavy atom. The number of fused-ring (bicyclic) bond motifs is 2. The summed E-state index contributed by atoms with van der Waals surface area (Å²) in [5, 5.41) is 3.42. The van der Waals surface area contributed by atoms with E-state index in [1.165, 1.54) is 25.7 Å². The minimum absolute atomic E-state index is 0.236. The van der Waals surface area contributed by atoms with Crippen molar-refractivity contribution < 1.29 is 9.53 Å². The third-order valence-corrected chi connectivity index (χ3v) is 6.16. The van der Waals surface area contributed by atoms with Gasteiger partial charge in [-0.2, -0.15) is 0 Å². The van der Waals surface area contributed by atoms with E-state index in [1.54, 1.807) is 0 Å². The van der Waals surface area contributed by atoms with Crippen LogP contribution in [0.25, 0.3) is 0 Å². The quantitative estimate of drug-likeness (QED) is 0.931. The first-order valence-electron chi connectivity index (χ1n) is 8.72. The zero-order chi connectivity index (χ0) is 15.0. The van der Waals surface area contributed by atoms with Crippen LogP contribution in [0, 0.1) is 11.8 Å². The van der Waals surface area contributed by atoms with E-state index in [4.69, 9.17) is 4.74 Å². The number of hydrogen-bond acceptors (Lipinski definition) is 2. The molecule has 2 saturated carbocycles. The van der Waals surface area contributed by atoms with Crippen LogP contribution in [0.1, 0.15) is 44.1 Å². The van der Waals surface area contributed by atoms with Crippen molar-refractivity contribution in [1.29, 1.82) is 0 Å². The lowest BCUT2D eigenvalue weighted by Gasteiger charge is -2.38. The van der Waals surface area contributed by atoms with E-state index >= 15 is 0 Å². The lowest BCUT2D eigenvalue weighted by Crippen LogP contribution is -2.52. The molecule has 1 aromatic carbocycles. The minimum atomic E-state index is -0.388. The fourth-order valence-corrected chi connectivity index (χ4v) is 4.85. The van der Waals surface area contributed by atoms with Crippen LogP contribution in [0.3, 0.4) is 0 Å². The van der Waals surface area contributed by atoms with E-state index in [1.807, 2.05) is 18.2 Å². The third kappa shape index (κ3) is 2.36. The number of amides is 1. The smallest absolute Gasteiger partial charge is 0.231 e. The number of benzene rings is 1. The number of rotatable bonds is 3. The predicted octanol–water partition coefficient (Wildman–Crippen LogP) is 3.04. The topological polar surface area (TPSA) is 38.3 Å². The first-order chi connectivity index (χ1) is 10.8. The lowest BCUT2D eigenvalue weighted by atomic mass is 9.73. The van der Waals surface area contributed by atoms with Gasteiger partial charge < -0.3 is 10.1 Å². The van der Waals surface area contributed by atoms with E-state index < -0.39 is 0 Å². The fraction of sp³-hybridized carbons (Fsp3) is 0.632. The molecule has 3 aliphatic rings. The van der Waals surface area contributed by atoms with Crippen LogP contribution in [-0.4, -0.2) is 25.2 Å². The lowest BCUT2D eigenvalue weighted by molar-refractivity contribution is -0.131. The normalized spacial score (nSPS) is 32.8. The van der Waals surface area contributed by atoms with Gasteiger partial charge in [-0.25, -0.2) is 0 Å². The molecule has 118 valence electrons. The molecule has 3 fully saturated rings. The van der Waals surface area contributed by atoms with Crippen LogP contribution in [0.4, 0.5) is 0 Å². The standard InChI is InChI=1S/C19H25NO2/c21-18(20-17-13-14-6-7-15(17)12-14)19(8-10-22-11-9-19)16-4-2-1-3-5-16/h1-5,14-15,17H,6-13H2,(H,20,21)/t14-,15+,17-/m0/s1. The SMILES string of the molecule is O=C(N[C@H]1C[C@H]2CC[C@@H]1C2)C1(c2ccccc2)CCOCC1. The number of hydrogen-bond donors (Lipinski definition) is 1. The highest BCUT2D eigenvalue weighted by atomic mass is 16.5. The highest BCUT2D eigenvalue weighted by Crippen LogP contribution is 2.45. The first-order valence-corrected chi connectivity index (χ1v) is 8.72. The molecule has 0 aromatic heterocycles. The highest BCUT2D eigenvalue weighted by Gasteiger charge is 2.45. The third-order valence-electron chi connectivity index (χ3n) is 6.16. The van der Waals surface area contributed by atoms with Gasteiger partial charge in [0.05, 0.1) is 5.41 Å². The number of carbonyl (C=O) groups excluding carboxylic acids is 1. The molecule has 1 N–H and O–H groups in total. The predicted molar refractivity (Wildman–Crippen MR) is 85.6 cm³/mol. The zero-order valence-corrected chi connectivity index (χ0v) is 13.1.